The third kappa shape index (κ3) is 3.47. The summed E-state index contributed by atoms with van der Waals surface area (Å²) in [5, 5.41) is 18.7. The monoisotopic (exact) mass is 232 g/mol. The second kappa shape index (κ2) is 6.27. The smallest absolute Gasteiger partial charge is 0.0992 e. The van der Waals surface area contributed by atoms with Gasteiger partial charge >= 0.3 is 0 Å². The number of aliphatic hydroxyl groups is 1. The Kier molecular flexibility index (Phi) is 4.99. The number of rotatable bonds is 5. The predicted molar refractivity (Wildman–Crippen MR) is 70.0 cm³/mol. The highest BCUT2D eigenvalue weighted by Gasteiger charge is 2.12. The first-order valence-corrected chi connectivity index (χ1v) is 6.03. The molecule has 92 valence electrons. The molecule has 0 aliphatic carbocycles. The molecule has 0 amide bonds. The molecule has 0 unspecified atom stereocenters. The zero-order chi connectivity index (χ0) is 12.8. The average Bonchev–Trinajstić information content (AvgIpc) is 2.34. The van der Waals surface area contributed by atoms with E-state index < -0.39 is 6.10 Å². The molecule has 0 aliphatic heterocycles. The normalized spacial score (nSPS) is 11.9. The summed E-state index contributed by atoms with van der Waals surface area (Å²) in [5.74, 6) is 0. The van der Waals surface area contributed by atoms with Crippen LogP contribution in [0.4, 0.5) is 5.69 Å². The van der Waals surface area contributed by atoms with Crippen LogP contribution in [0, 0.1) is 11.3 Å². The summed E-state index contributed by atoms with van der Waals surface area (Å²) in [7, 11) is 2.00. The number of anilines is 1. The van der Waals surface area contributed by atoms with Crippen molar-refractivity contribution in [3.05, 3.63) is 29.3 Å². The molecular weight excluding hydrogens is 212 g/mol. The van der Waals surface area contributed by atoms with Crippen molar-refractivity contribution >= 4 is 5.69 Å². The van der Waals surface area contributed by atoms with Gasteiger partial charge in [0.1, 0.15) is 0 Å². The molecule has 0 saturated carbocycles. The number of unbranched alkanes of at least 4 members (excludes halogenated alkanes) is 1. The van der Waals surface area contributed by atoms with E-state index >= 15 is 0 Å². The third-order valence-corrected chi connectivity index (χ3v) is 2.87. The molecule has 1 rings (SSSR count). The van der Waals surface area contributed by atoms with Crippen LogP contribution in [0.5, 0.6) is 0 Å². The Labute approximate surface area is 103 Å². The number of aliphatic hydroxyl groups excluding tert-OH is 1. The molecule has 3 nitrogen and oxygen atoms in total. The average molecular weight is 232 g/mol. The van der Waals surface area contributed by atoms with E-state index in [9.17, 15) is 5.11 Å². The molecule has 0 fully saturated rings. The van der Waals surface area contributed by atoms with Crippen molar-refractivity contribution in [2.75, 3.05) is 18.5 Å². The van der Waals surface area contributed by atoms with Crippen molar-refractivity contribution in [1.29, 1.82) is 5.26 Å². The van der Waals surface area contributed by atoms with Gasteiger partial charge in [-0.25, -0.2) is 0 Å². The van der Waals surface area contributed by atoms with Crippen molar-refractivity contribution in [1.82, 2.24) is 0 Å². The third-order valence-electron chi connectivity index (χ3n) is 2.87. The van der Waals surface area contributed by atoms with E-state index in [0.717, 1.165) is 30.6 Å². The van der Waals surface area contributed by atoms with Crippen molar-refractivity contribution in [3.63, 3.8) is 0 Å². The van der Waals surface area contributed by atoms with Crippen molar-refractivity contribution in [3.8, 4) is 6.07 Å². The summed E-state index contributed by atoms with van der Waals surface area (Å²) in [6.07, 6.45) is 1.72. The van der Waals surface area contributed by atoms with E-state index in [1.165, 1.54) is 0 Å². The van der Waals surface area contributed by atoms with Crippen LogP contribution in [0.3, 0.4) is 0 Å². The first-order valence-electron chi connectivity index (χ1n) is 6.03. The van der Waals surface area contributed by atoms with Crippen LogP contribution < -0.4 is 4.90 Å². The van der Waals surface area contributed by atoms with Gasteiger partial charge in [-0.2, -0.15) is 5.26 Å². The number of hydrogen-bond acceptors (Lipinski definition) is 3. The molecule has 17 heavy (non-hydrogen) atoms. The maximum atomic E-state index is 9.73. The Morgan fingerprint density at radius 2 is 2.18 bits per heavy atom. The first kappa shape index (κ1) is 13.5. The fourth-order valence-corrected chi connectivity index (χ4v) is 1.81. The lowest BCUT2D eigenvalue weighted by atomic mass is 10.0. The fourth-order valence-electron chi connectivity index (χ4n) is 1.81. The van der Waals surface area contributed by atoms with Crippen LogP contribution in [-0.2, 0) is 0 Å². The zero-order valence-corrected chi connectivity index (χ0v) is 10.8. The lowest BCUT2D eigenvalue weighted by Gasteiger charge is -2.23. The lowest BCUT2D eigenvalue weighted by Crippen LogP contribution is -2.20. The van der Waals surface area contributed by atoms with Gasteiger partial charge in [0, 0.05) is 24.8 Å². The summed E-state index contributed by atoms with van der Waals surface area (Å²) >= 11 is 0. The minimum Gasteiger partial charge on any atom is -0.389 e. The Morgan fingerprint density at radius 3 is 2.71 bits per heavy atom. The first-order chi connectivity index (χ1) is 8.10. The highest BCUT2D eigenvalue weighted by molar-refractivity contribution is 5.58. The Hall–Kier alpha value is -1.53. The van der Waals surface area contributed by atoms with Crippen molar-refractivity contribution in [2.45, 2.75) is 32.8 Å². The molecular formula is C14H20N2O. The molecule has 0 aromatic heterocycles. The van der Waals surface area contributed by atoms with Gasteiger partial charge in [-0.3, -0.25) is 0 Å². The summed E-state index contributed by atoms with van der Waals surface area (Å²) in [5.41, 5.74) is 2.46. The molecule has 0 aliphatic rings. The summed E-state index contributed by atoms with van der Waals surface area (Å²) in [6, 6.07) is 7.56. The summed E-state index contributed by atoms with van der Waals surface area (Å²) < 4.78 is 0. The van der Waals surface area contributed by atoms with Gasteiger partial charge in [0.15, 0.2) is 0 Å². The second-order valence-corrected chi connectivity index (χ2v) is 4.34. The molecule has 0 saturated heterocycles. The number of nitrogens with zero attached hydrogens (tertiary/aromatic N) is 2. The number of benzene rings is 1. The second-order valence-electron chi connectivity index (χ2n) is 4.34. The van der Waals surface area contributed by atoms with Crippen LogP contribution >= 0.6 is 0 Å². The molecule has 1 aromatic rings. The molecule has 1 atom stereocenters. The quantitative estimate of drug-likeness (QED) is 0.849. The summed E-state index contributed by atoms with van der Waals surface area (Å²) in [4.78, 5) is 2.10. The molecule has 3 heteroatoms. The van der Waals surface area contributed by atoms with E-state index in [1.54, 1.807) is 13.0 Å². The van der Waals surface area contributed by atoms with Crippen LogP contribution in [0.1, 0.15) is 43.9 Å². The van der Waals surface area contributed by atoms with E-state index in [1.807, 2.05) is 19.2 Å². The molecule has 0 radical (unpaired) electrons. The highest BCUT2D eigenvalue weighted by Crippen LogP contribution is 2.27. The van der Waals surface area contributed by atoms with E-state index in [0.29, 0.717) is 5.56 Å². The Bertz CT molecular complexity index is 407. The van der Waals surface area contributed by atoms with Gasteiger partial charge in [-0.05, 0) is 25.5 Å². The standard InChI is InChI=1S/C14H20N2O/c1-4-5-8-16(3)14-9-12(10-15)6-7-13(14)11(2)17/h6-7,9,11,17H,4-5,8H2,1-3H3/t11-/m1/s1. The van der Waals surface area contributed by atoms with Crippen molar-refractivity contribution < 1.29 is 5.11 Å². The number of hydrogen-bond donors (Lipinski definition) is 1. The zero-order valence-electron chi connectivity index (χ0n) is 10.8. The van der Waals surface area contributed by atoms with Crippen LogP contribution in [0.25, 0.3) is 0 Å². The minimum atomic E-state index is -0.512. The van der Waals surface area contributed by atoms with Gasteiger partial charge in [0.25, 0.3) is 0 Å². The van der Waals surface area contributed by atoms with E-state index in [4.69, 9.17) is 5.26 Å². The highest BCUT2D eigenvalue weighted by atomic mass is 16.3. The van der Waals surface area contributed by atoms with Crippen LogP contribution in [0.2, 0.25) is 0 Å². The van der Waals surface area contributed by atoms with E-state index in [2.05, 4.69) is 17.9 Å². The SMILES string of the molecule is CCCCN(C)c1cc(C#N)ccc1[C@@H](C)O. The Balaban J connectivity index is 3.04. The van der Waals surface area contributed by atoms with Crippen LogP contribution in [-0.4, -0.2) is 18.7 Å². The minimum absolute atomic E-state index is 0.512. The number of nitriles is 1. The lowest BCUT2D eigenvalue weighted by molar-refractivity contribution is 0.199. The largest absolute Gasteiger partial charge is 0.389 e. The van der Waals surface area contributed by atoms with Gasteiger partial charge in [0.05, 0.1) is 17.7 Å². The van der Waals surface area contributed by atoms with E-state index in [-0.39, 0.29) is 0 Å². The molecule has 0 bridgehead atoms. The van der Waals surface area contributed by atoms with Gasteiger partial charge in [-0.15, -0.1) is 0 Å². The predicted octanol–water partition coefficient (Wildman–Crippen LogP) is 2.85. The molecule has 1 N–H and O–H groups in total. The van der Waals surface area contributed by atoms with Gasteiger partial charge in [0.2, 0.25) is 0 Å². The Morgan fingerprint density at radius 1 is 1.47 bits per heavy atom. The maximum absolute atomic E-state index is 9.73. The van der Waals surface area contributed by atoms with Gasteiger partial charge in [-0.1, -0.05) is 19.4 Å². The molecule has 1 aromatic carbocycles. The van der Waals surface area contributed by atoms with Gasteiger partial charge < -0.3 is 10.0 Å². The molecule has 0 spiro atoms. The fraction of sp³-hybridized carbons (Fsp3) is 0.500. The molecule has 0 heterocycles. The maximum Gasteiger partial charge on any atom is 0.0992 e. The topological polar surface area (TPSA) is 47.3 Å². The summed E-state index contributed by atoms with van der Waals surface area (Å²) in [6.45, 7) is 4.83. The van der Waals surface area contributed by atoms with Crippen molar-refractivity contribution in [2.24, 2.45) is 0 Å². The van der Waals surface area contributed by atoms with Crippen LogP contribution in [0.15, 0.2) is 18.2 Å².